The van der Waals surface area contributed by atoms with E-state index < -0.39 is 0 Å². The first kappa shape index (κ1) is 12.5. The predicted molar refractivity (Wildman–Crippen MR) is 63.8 cm³/mol. The molecule has 0 saturated heterocycles. The van der Waals surface area contributed by atoms with Crippen LogP contribution in [0.25, 0.3) is 0 Å². The van der Waals surface area contributed by atoms with Crippen LogP contribution in [0.5, 0.6) is 5.75 Å². The molecule has 4 N–H and O–H groups in total. The fraction of sp³-hybridized carbons (Fsp3) is 0.417. The van der Waals surface area contributed by atoms with Crippen LogP contribution in [0.4, 0.5) is 0 Å². The minimum Gasteiger partial charge on any atom is -0.493 e. The van der Waals surface area contributed by atoms with Crippen molar-refractivity contribution in [3.63, 3.8) is 0 Å². The van der Waals surface area contributed by atoms with E-state index in [1.807, 2.05) is 6.92 Å². The number of benzene rings is 1. The summed E-state index contributed by atoms with van der Waals surface area (Å²) in [6.45, 7) is 2.66. The van der Waals surface area contributed by atoms with Crippen molar-refractivity contribution in [1.82, 2.24) is 0 Å². The third-order valence-corrected chi connectivity index (χ3v) is 2.49. The van der Waals surface area contributed by atoms with Crippen molar-refractivity contribution < 1.29 is 9.84 Å². The van der Waals surface area contributed by atoms with Crippen LogP contribution < -0.4 is 10.5 Å². The molecule has 1 aromatic carbocycles. The second kappa shape index (κ2) is 6.12. The number of hydrogen-bond donors (Lipinski definition) is 3. The average Bonchev–Trinajstić information content (AvgIpc) is 2.31. The highest BCUT2D eigenvalue weighted by molar-refractivity contribution is 5.94. The lowest BCUT2D eigenvalue weighted by molar-refractivity contribution is 0.160. The average molecular weight is 222 g/mol. The van der Waals surface area contributed by atoms with Gasteiger partial charge in [0.2, 0.25) is 0 Å². The Morgan fingerprint density at radius 1 is 1.44 bits per heavy atom. The summed E-state index contributed by atoms with van der Waals surface area (Å²) in [4.78, 5) is 0. The van der Waals surface area contributed by atoms with Crippen LogP contribution in [-0.2, 0) is 0 Å². The van der Waals surface area contributed by atoms with Crippen LogP contribution in [0.15, 0.2) is 24.3 Å². The Kier molecular flexibility index (Phi) is 4.79. The Morgan fingerprint density at radius 2 is 2.06 bits per heavy atom. The van der Waals surface area contributed by atoms with E-state index in [4.69, 9.17) is 21.0 Å². The van der Waals surface area contributed by atoms with E-state index in [1.54, 1.807) is 24.3 Å². The van der Waals surface area contributed by atoms with E-state index in [9.17, 15) is 0 Å². The molecular weight excluding hydrogens is 204 g/mol. The fourth-order valence-corrected chi connectivity index (χ4v) is 1.24. The van der Waals surface area contributed by atoms with Crippen LogP contribution >= 0.6 is 0 Å². The third-order valence-electron chi connectivity index (χ3n) is 2.49. The SMILES string of the molecule is CC[C@@H](CO)COc1ccc(C(=N)N)cc1. The van der Waals surface area contributed by atoms with Gasteiger partial charge in [-0.05, 0) is 30.7 Å². The number of nitrogen functional groups attached to an aromatic ring is 1. The van der Waals surface area contributed by atoms with Crippen LogP contribution in [0.1, 0.15) is 18.9 Å². The Morgan fingerprint density at radius 3 is 2.50 bits per heavy atom. The van der Waals surface area contributed by atoms with Gasteiger partial charge in [-0.3, -0.25) is 5.41 Å². The molecule has 0 aromatic heterocycles. The van der Waals surface area contributed by atoms with Crippen molar-refractivity contribution in [1.29, 1.82) is 5.41 Å². The van der Waals surface area contributed by atoms with Crippen molar-refractivity contribution in [2.24, 2.45) is 11.7 Å². The molecule has 0 radical (unpaired) electrons. The minimum atomic E-state index is 0.0494. The number of nitrogens with two attached hydrogens (primary N) is 1. The zero-order chi connectivity index (χ0) is 12.0. The van der Waals surface area contributed by atoms with E-state index >= 15 is 0 Å². The van der Waals surface area contributed by atoms with Gasteiger partial charge >= 0.3 is 0 Å². The topological polar surface area (TPSA) is 79.3 Å². The number of amidine groups is 1. The van der Waals surface area contributed by atoms with Crippen molar-refractivity contribution in [2.75, 3.05) is 13.2 Å². The van der Waals surface area contributed by atoms with Gasteiger partial charge in [0, 0.05) is 18.1 Å². The van der Waals surface area contributed by atoms with E-state index in [-0.39, 0.29) is 18.4 Å². The smallest absolute Gasteiger partial charge is 0.122 e. The van der Waals surface area contributed by atoms with Gasteiger partial charge in [0.05, 0.1) is 6.61 Å². The zero-order valence-electron chi connectivity index (χ0n) is 9.44. The normalized spacial score (nSPS) is 12.1. The van der Waals surface area contributed by atoms with Gasteiger partial charge in [0.15, 0.2) is 0 Å². The Bertz CT molecular complexity index is 331. The van der Waals surface area contributed by atoms with Crippen LogP contribution in [0, 0.1) is 11.3 Å². The lowest BCUT2D eigenvalue weighted by atomic mass is 10.1. The molecule has 0 aliphatic rings. The van der Waals surface area contributed by atoms with E-state index in [0.717, 1.165) is 12.2 Å². The van der Waals surface area contributed by atoms with Gasteiger partial charge in [-0.1, -0.05) is 6.92 Å². The Balaban J connectivity index is 2.52. The molecule has 0 aliphatic heterocycles. The van der Waals surface area contributed by atoms with Gasteiger partial charge in [0.25, 0.3) is 0 Å². The molecule has 4 heteroatoms. The maximum Gasteiger partial charge on any atom is 0.122 e. The van der Waals surface area contributed by atoms with E-state index in [2.05, 4.69) is 0 Å². The molecule has 1 aromatic rings. The van der Waals surface area contributed by atoms with E-state index in [1.165, 1.54) is 0 Å². The van der Waals surface area contributed by atoms with Crippen molar-refractivity contribution in [3.8, 4) is 5.75 Å². The quantitative estimate of drug-likeness (QED) is 0.502. The molecular formula is C12H18N2O2. The number of nitrogens with one attached hydrogen (secondary N) is 1. The molecule has 0 aliphatic carbocycles. The van der Waals surface area contributed by atoms with Gasteiger partial charge in [-0.2, -0.15) is 0 Å². The maximum atomic E-state index is 9.00. The Labute approximate surface area is 95.6 Å². The summed E-state index contributed by atoms with van der Waals surface area (Å²) in [6.07, 6.45) is 0.891. The predicted octanol–water partition coefficient (Wildman–Crippen LogP) is 1.37. The van der Waals surface area contributed by atoms with Crippen molar-refractivity contribution in [2.45, 2.75) is 13.3 Å². The van der Waals surface area contributed by atoms with Gasteiger partial charge < -0.3 is 15.6 Å². The highest BCUT2D eigenvalue weighted by atomic mass is 16.5. The molecule has 1 atom stereocenters. The lowest BCUT2D eigenvalue weighted by Gasteiger charge is -2.13. The highest BCUT2D eigenvalue weighted by Crippen LogP contribution is 2.13. The number of aliphatic hydroxyl groups is 1. The monoisotopic (exact) mass is 222 g/mol. The molecule has 4 nitrogen and oxygen atoms in total. The van der Waals surface area contributed by atoms with Gasteiger partial charge in [-0.15, -0.1) is 0 Å². The molecule has 16 heavy (non-hydrogen) atoms. The second-order valence-electron chi connectivity index (χ2n) is 3.71. The molecule has 0 spiro atoms. The van der Waals surface area contributed by atoms with Crippen LogP contribution in [0.3, 0.4) is 0 Å². The summed E-state index contributed by atoms with van der Waals surface area (Å²) in [6, 6.07) is 7.05. The third kappa shape index (κ3) is 3.55. The molecule has 0 fully saturated rings. The molecule has 0 saturated carbocycles. The van der Waals surface area contributed by atoms with Gasteiger partial charge in [-0.25, -0.2) is 0 Å². The first-order valence-electron chi connectivity index (χ1n) is 5.35. The fourth-order valence-electron chi connectivity index (χ4n) is 1.24. The number of rotatable bonds is 6. The molecule has 0 unspecified atom stereocenters. The van der Waals surface area contributed by atoms with Gasteiger partial charge in [0.1, 0.15) is 11.6 Å². The molecule has 0 bridgehead atoms. The summed E-state index contributed by atoms with van der Waals surface area (Å²) in [5, 5.41) is 16.2. The Hall–Kier alpha value is -1.55. The van der Waals surface area contributed by atoms with Crippen molar-refractivity contribution in [3.05, 3.63) is 29.8 Å². The zero-order valence-corrected chi connectivity index (χ0v) is 9.44. The maximum absolute atomic E-state index is 9.00. The molecule has 0 heterocycles. The minimum absolute atomic E-state index is 0.0494. The number of aliphatic hydroxyl groups excluding tert-OH is 1. The summed E-state index contributed by atoms with van der Waals surface area (Å²) in [7, 11) is 0. The number of hydrogen-bond acceptors (Lipinski definition) is 3. The van der Waals surface area contributed by atoms with Crippen LogP contribution in [0.2, 0.25) is 0 Å². The molecule has 88 valence electrons. The summed E-state index contributed by atoms with van der Waals surface area (Å²) >= 11 is 0. The number of ether oxygens (including phenoxy) is 1. The lowest BCUT2D eigenvalue weighted by Crippen LogP contribution is -2.15. The summed E-state index contributed by atoms with van der Waals surface area (Å²) in [5.41, 5.74) is 6.02. The second-order valence-corrected chi connectivity index (χ2v) is 3.71. The highest BCUT2D eigenvalue weighted by Gasteiger charge is 2.05. The summed E-state index contributed by atoms with van der Waals surface area (Å²) < 4.78 is 5.51. The summed E-state index contributed by atoms with van der Waals surface area (Å²) in [5.74, 6) is 0.956. The van der Waals surface area contributed by atoms with Crippen LogP contribution in [-0.4, -0.2) is 24.2 Å². The van der Waals surface area contributed by atoms with E-state index in [0.29, 0.717) is 12.2 Å². The molecule has 1 rings (SSSR count). The largest absolute Gasteiger partial charge is 0.493 e. The van der Waals surface area contributed by atoms with Crippen molar-refractivity contribution >= 4 is 5.84 Å². The standard InChI is InChI=1S/C12H18N2O2/c1-2-9(7-15)8-16-11-5-3-10(4-6-11)12(13)14/h3-6,9,15H,2,7-8H2,1H3,(H3,13,14)/t9-/m0/s1. The first-order valence-corrected chi connectivity index (χ1v) is 5.35. The molecule has 0 amide bonds. The first-order chi connectivity index (χ1) is 7.67.